The monoisotopic (exact) mass is 580 g/mol. The molecule has 42 heavy (non-hydrogen) atoms. The maximum Gasteiger partial charge on any atom is 0.350 e. The fraction of sp³-hybridized carbons (Fsp3) is 0.152. The minimum absolute atomic E-state index is 0.0991. The van der Waals surface area contributed by atoms with Gasteiger partial charge in [0.25, 0.3) is 5.91 Å². The highest BCUT2D eigenvalue weighted by Crippen LogP contribution is 2.43. The second kappa shape index (κ2) is 12.7. The SMILES string of the molecule is CCOC(=O)c1sc(N2C(=O)C(O)=C(C(=O)C=Cc3ccccc3)C2c2cccc(OCc3ccccc3)c2)nc1C. The Morgan fingerprint density at radius 2 is 1.74 bits per heavy atom. The third-order valence-electron chi connectivity index (χ3n) is 6.57. The molecule has 4 aromatic rings. The second-order valence-electron chi connectivity index (χ2n) is 9.43. The Morgan fingerprint density at radius 1 is 1.02 bits per heavy atom. The number of nitrogens with zero attached hydrogens (tertiary/aromatic N) is 2. The molecular formula is C33H28N2O6S. The van der Waals surface area contributed by atoms with Crippen LogP contribution in [0.2, 0.25) is 0 Å². The van der Waals surface area contributed by atoms with Crippen LogP contribution in [0.3, 0.4) is 0 Å². The Morgan fingerprint density at radius 3 is 2.45 bits per heavy atom. The molecule has 1 unspecified atom stereocenters. The number of carbonyl (C=O) groups excluding carboxylic acids is 3. The molecule has 212 valence electrons. The van der Waals surface area contributed by atoms with E-state index in [1.54, 1.807) is 44.2 Å². The van der Waals surface area contributed by atoms with E-state index in [1.807, 2.05) is 60.7 Å². The number of thiazole rings is 1. The maximum atomic E-state index is 13.6. The number of amides is 1. The van der Waals surface area contributed by atoms with Gasteiger partial charge in [-0.25, -0.2) is 9.78 Å². The zero-order chi connectivity index (χ0) is 29.6. The summed E-state index contributed by atoms with van der Waals surface area (Å²) in [5.74, 6) is -2.05. The number of ketones is 1. The van der Waals surface area contributed by atoms with E-state index in [0.717, 1.165) is 22.5 Å². The van der Waals surface area contributed by atoms with E-state index < -0.39 is 29.5 Å². The van der Waals surface area contributed by atoms with E-state index in [2.05, 4.69) is 4.98 Å². The number of ether oxygens (including phenoxy) is 2. The molecule has 0 spiro atoms. The highest BCUT2D eigenvalue weighted by Gasteiger charge is 2.45. The lowest BCUT2D eigenvalue weighted by molar-refractivity contribution is -0.117. The molecular weight excluding hydrogens is 552 g/mol. The van der Waals surface area contributed by atoms with Gasteiger partial charge in [-0.1, -0.05) is 90.2 Å². The molecule has 9 heteroatoms. The molecule has 0 radical (unpaired) electrons. The van der Waals surface area contributed by atoms with Gasteiger partial charge in [0.1, 0.15) is 17.2 Å². The van der Waals surface area contributed by atoms with Gasteiger partial charge in [-0.15, -0.1) is 0 Å². The highest BCUT2D eigenvalue weighted by atomic mass is 32.1. The van der Waals surface area contributed by atoms with Gasteiger partial charge in [-0.2, -0.15) is 0 Å². The second-order valence-corrected chi connectivity index (χ2v) is 10.4. The van der Waals surface area contributed by atoms with Crippen LogP contribution in [0.15, 0.2) is 102 Å². The van der Waals surface area contributed by atoms with Crippen molar-refractivity contribution in [3.63, 3.8) is 0 Å². The first-order valence-corrected chi connectivity index (χ1v) is 14.1. The lowest BCUT2D eigenvalue weighted by Gasteiger charge is -2.24. The fourth-order valence-corrected chi connectivity index (χ4v) is 5.57. The number of aryl methyl sites for hydroxylation is 1. The van der Waals surface area contributed by atoms with E-state index >= 15 is 0 Å². The van der Waals surface area contributed by atoms with Gasteiger partial charge in [0.15, 0.2) is 16.7 Å². The molecule has 8 nitrogen and oxygen atoms in total. The van der Waals surface area contributed by atoms with Crippen molar-refractivity contribution in [1.82, 2.24) is 4.98 Å². The number of hydrogen-bond donors (Lipinski definition) is 1. The Bertz CT molecular complexity index is 1680. The molecule has 5 rings (SSSR count). The van der Waals surface area contributed by atoms with Crippen LogP contribution in [0.5, 0.6) is 5.75 Å². The van der Waals surface area contributed by atoms with Gasteiger partial charge >= 0.3 is 5.97 Å². The van der Waals surface area contributed by atoms with Gasteiger partial charge in [0.05, 0.1) is 23.9 Å². The third kappa shape index (κ3) is 6.01. The van der Waals surface area contributed by atoms with Crippen LogP contribution in [-0.2, 0) is 20.9 Å². The molecule has 0 bridgehead atoms. The molecule has 1 atom stereocenters. The van der Waals surface area contributed by atoms with Crippen LogP contribution in [0.1, 0.15) is 45.0 Å². The summed E-state index contributed by atoms with van der Waals surface area (Å²) in [6.45, 7) is 3.84. The predicted octanol–water partition coefficient (Wildman–Crippen LogP) is 6.39. The van der Waals surface area contributed by atoms with Gasteiger partial charge in [-0.05, 0) is 48.7 Å². The summed E-state index contributed by atoms with van der Waals surface area (Å²) in [5.41, 5.74) is 2.57. The van der Waals surface area contributed by atoms with Crippen LogP contribution >= 0.6 is 11.3 Å². The number of anilines is 1. The first-order chi connectivity index (χ1) is 20.4. The van der Waals surface area contributed by atoms with Crippen LogP contribution in [0.25, 0.3) is 6.08 Å². The number of carbonyl (C=O) groups is 3. The summed E-state index contributed by atoms with van der Waals surface area (Å²) in [6.07, 6.45) is 2.95. The summed E-state index contributed by atoms with van der Waals surface area (Å²) >= 11 is 0.966. The molecule has 0 fully saturated rings. The van der Waals surface area contributed by atoms with Crippen molar-refractivity contribution in [2.45, 2.75) is 26.5 Å². The van der Waals surface area contributed by atoms with Crippen molar-refractivity contribution in [3.05, 3.63) is 130 Å². The normalized spacial score (nSPS) is 15.0. The Labute approximate surface area is 247 Å². The van der Waals surface area contributed by atoms with Crippen molar-refractivity contribution in [1.29, 1.82) is 0 Å². The summed E-state index contributed by atoms with van der Waals surface area (Å²) in [6, 6.07) is 24.9. The number of hydrogen-bond acceptors (Lipinski definition) is 8. The van der Waals surface area contributed by atoms with Gasteiger partial charge < -0.3 is 14.6 Å². The first kappa shape index (κ1) is 28.5. The van der Waals surface area contributed by atoms with Crippen molar-refractivity contribution in [2.75, 3.05) is 11.5 Å². The van der Waals surface area contributed by atoms with Crippen LogP contribution in [0.4, 0.5) is 5.13 Å². The number of rotatable bonds is 10. The molecule has 1 aromatic heterocycles. The van der Waals surface area contributed by atoms with E-state index in [1.165, 1.54) is 11.0 Å². The molecule has 1 aliphatic rings. The van der Waals surface area contributed by atoms with Gasteiger partial charge in [0.2, 0.25) is 0 Å². The smallest absolute Gasteiger partial charge is 0.350 e. The summed E-state index contributed by atoms with van der Waals surface area (Å²) in [4.78, 5) is 45.6. The van der Waals surface area contributed by atoms with Crippen molar-refractivity contribution in [3.8, 4) is 5.75 Å². The number of benzene rings is 3. The lowest BCUT2D eigenvalue weighted by Crippen LogP contribution is -2.30. The van der Waals surface area contributed by atoms with Gasteiger partial charge in [-0.3, -0.25) is 14.5 Å². The molecule has 1 amide bonds. The summed E-state index contributed by atoms with van der Waals surface area (Å²) < 4.78 is 11.2. The minimum Gasteiger partial charge on any atom is -0.503 e. The quantitative estimate of drug-likeness (QED) is 0.171. The van der Waals surface area contributed by atoms with E-state index in [0.29, 0.717) is 23.6 Å². The zero-order valence-electron chi connectivity index (χ0n) is 23.0. The largest absolute Gasteiger partial charge is 0.503 e. The molecule has 0 aliphatic carbocycles. The van der Waals surface area contributed by atoms with Crippen LogP contribution in [0, 0.1) is 6.92 Å². The minimum atomic E-state index is -1.02. The Hall–Kier alpha value is -5.02. The molecule has 1 N–H and O–H groups in total. The Kier molecular flexibility index (Phi) is 8.59. The Balaban J connectivity index is 1.54. The number of aromatic nitrogens is 1. The lowest BCUT2D eigenvalue weighted by atomic mass is 9.95. The number of esters is 1. The first-order valence-electron chi connectivity index (χ1n) is 13.3. The standard InChI is InChI=1S/C33H28N2O6S/c1-3-40-32(39)30-21(2)34-33(42-30)35-28(24-15-10-16-25(19-24)41-20-23-13-8-5-9-14-23)27(29(37)31(35)38)26(36)18-17-22-11-6-4-7-12-22/h4-19,28,37H,3,20H2,1-2H3. The topological polar surface area (TPSA) is 106 Å². The third-order valence-corrected chi connectivity index (χ3v) is 7.71. The van der Waals surface area contributed by atoms with Crippen molar-refractivity contribution in [2.24, 2.45) is 0 Å². The number of aliphatic hydroxyl groups excluding tert-OH is 1. The molecule has 0 saturated heterocycles. The highest BCUT2D eigenvalue weighted by molar-refractivity contribution is 7.17. The average molecular weight is 581 g/mol. The fourth-order valence-electron chi connectivity index (χ4n) is 4.58. The van der Waals surface area contributed by atoms with Crippen molar-refractivity contribution >= 4 is 40.2 Å². The van der Waals surface area contributed by atoms with E-state index in [-0.39, 0.29) is 22.2 Å². The van der Waals surface area contributed by atoms with Crippen LogP contribution < -0.4 is 9.64 Å². The van der Waals surface area contributed by atoms with E-state index in [9.17, 15) is 19.5 Å². The van der Waals surface area contributed by atoms with Crippen molar-refractivity contribution < 1.29 is 29.0 Å². The van der Waals surface area contributed by atoms with E-state index in [4.69, 9.17) is 9.47 Å². The molecule has 2 heterocycles. The molecule has 1 aliphatic heterocycles. The van der Waals surface area contributed by atoms with Crippen LogP contribution in [-0.4, -0.2) is 34.4 Å². The summed E-state index contributed by atoms with van der Waals surface area (Å²) in [5, 5.41) is 11.2. The number of allylic oxidation sites excluding steroid dienone is 1. The molecule has 0 saturated carbocycles. The predicted molar refractivity (Wildman–Crippen MR) is 160 cm³/mol. The maximum absolute atomic E-state index is 13.6. The van der Waals surface area contributed by atoms with Gasteiger partial charge in [0, 0.05) is 0 Å². The molecule has 3 aromatic carbocycles. The zero-order valence-corrected chi connectivity index (χ0v) is 23.8. The average Bonchev–Trinajstić information content (AvgIpc) is 3.52. The summed E-state index contributed by atoms with van der Waals surface area (Å²) in [7, 11) is 0. The number of aliphatic hydroxyl groups is 1.